The van der Waals surface area contributed by atoms with Gasteiger partial charge in [0.15, 0.2) is 6.61 Å². The van der Waals surface area contributed by atoms with Gasteiger partial charge in [0.25, 0.3) is 5.91 Å². The third-order valence-corrected chi connectivity index (χ3v) is 3.77. The van der Waals surface area contributed by atoms with Gasteiger partial charge in [-0.15, -0.1) is 0 Å². The molecule has 3 aromatic carbocycles. The molecule has 3 aromatic rings. The van der Waals surface area contributed by atoms with E-state index in [2.05, 4.69) is 5.32 Å². The number of fused-ring (bicyclic) bond motifs is 1. The van der Waals surface area contributed by atoms with Crippen molar-refractivity contribution < 1.29 is 13.9 Å². The molecule has 0 spiro atoms. The molecular weight excluding hydrogens is 305 g/mol. The zero-order chi connectivity index (χ0) is 16.8. The highest BCUT2D eigenvalue weighted by Gasteiger charge is 2.05. The van der Waals surface area contributed by atoms with Crippen molar-refractivity contribution in [2.24, 2.45) is 0 Å². The van der Waals surface area contributed by atoms with Crippen LogP contribution in [0.3, 0.4) is 0 Å². The van der Waals surface area contributed by atoms with Crippen molar-refractivity contribution in [3.8, 4) is 5.75 Å². The lowest BCUT2D eigenvalue weighted by Crippen LogP contribution is -2.30. The predicted molar refractivity (Wildman–Crippen MR) is 92.6 cm³/mol. The van der Waals surface area contributed by atoms with E-state index in [0.717, 1.165) is 10.8 Å². The molecule has 3 nitrogen and oxygen atoms in total. The number of halogens is 1. The van der Waals surface area contributed by atoms with Gasteiger partial charge in [0, 0.05) is 6.54 Å². The first kappa shape index (κ1) is 16.0. The van der Waals surface area contributed by atoms with Crippen LogP contribution in [0.4, 0.5) is 4.39 Å². The normalized spacial score (nSPS) is 10.5. The van der Waals surface area contributed by atoms with Crippen LogP contribution in [0.2, 0.25) is 0 Å². The van der Waals surface area contributed by atoms with Crippen molar-refractivity contribution in [2.45, 2.75) is 6.42 Å². The molecule has 0 atom stereocenters. The molecule has 0 saturated carbocycles. The minimum absolute atomic E-state index is 0.0599. The number of hydrogen-bond acceptors (Lipinski definition) is 2. The molecule has 0 fully saturated rings. The molecule has 3 rings (SSSR count). The van der Waals surface area contributed by atoms with E-state index in [9.17, 15) is 9.18 Å². The van der Waals surface area contributed by atoms with Gasteiger partial charge in [-0.05, 0) is 41.0 Å². The number of hydrogen-bond donors (Lipinski definition) is 1. The highest BCUT2D eigenvalue weighted by Crippen LogP contribution is 2.20. The lowest BCUT2D eigenvalue weighted by Gasteiger charge is -2.09. The standard InChI is InChI=1S/C20H18FNO2/c21-19-8-4-3-6-16(19)11-12-22-20(23)14-24-18-10-9-15-5-1-2-7-17(15)13-18/h1-10,13H,11-12,14H2,(H,22,23). The lowest BCUT2D eigenvalue weighted by atomic mass is 10.1. The fourth-order valence-corrected chi connectivity index (χ4v) is 2.49. The summed E-state index contributed by atoms with van der Waals surface area (Å²) >= 11 is 0. The number of carbonyl (C=O) groups is 1. The van der Waals surface area contributed by atoms with Crippen molar-refractivity contribution in [1.82, 2.24) is 5.32 Å². The molecule has 0 aliphatic carbocycles. The van der Waals surface area contributed by atoms with Crippen LogP contribution in [0.5, 0.6) is 5.75 Å². The summed E-state index contributed by atoms with van der Waals surface area (Å²) in [5, 5.41) is 4.92. The third-order valence-electron chi connectivity index (χ3n) is 3.77. The topological polar surface area (TPSA) is 38.3 Å². The van der Waals surface area contributed by atoms with Crippen LogP contribution in [-0.2, 0) is 11.2 Å². The Hall–Kier alpha value is -2.88. The molecule has 24 heavy (non-hydrogen) atoms. The Kier molecular flexibility index (Phi) is 5.06. The molecular formula is C20H18FNO2. The van der Waals surface area contributed by atoms with Crippen LogP contribution in [0, 0.1) is 5.82 Å². The number of nitrogens with one attached hydrogen (secondary N) is 1. The highest BCUT2D eigenvalue weighted by molar-refractivity contribution is 5.84. The largest absolute Gasteiger partial charge is 0.484 e. The summed E-state index contributed by atoms with van der Waals surface area (Å²) in [5.74, 6) is 0.177. The summed E-state index contributed by atoms with van der Waals surface area (Å²) in [7, 11) is 0. The Labute approximate surface area is 140 Å². The smallest absolute Gasteiger partial charge is 0.257 e. The maximum absolute atomic E-state index is 13.5. The summed E-state index contributed by atoms with van der Waals surface area (Å²) < 4.78 is 19.0. The van der Waals surface area contributed by atoms with Crippen LogP contribution in [0.1, 0.15) is 5.56 Å². The zero-order valence-corrected chi connectivity index (χ0v) is 13.2. The van der Waals surface area contributed by atoms with Gasteiger partial charge in [0.2, 0.25) is 0 Å². The van der Waals surface area contributed by atoms with Gasteiger partial charge in [0.05, 0.1) is 0 Å². The molecule has 0 unspecified atom stereocenters. The Balaban J connectivity index is 1.47. The summed E-state index contributed by atoms with van der Waals surface area (Å²) in [6.07, 6.45) is 0.453. The average Bonchev–Trinajstić information content (AvgIpc) is 2.61. The van der Waals surface area contributed by atoms with E-state index in [4.69, 9.17) is 4.74 Å². The second-order valence-corrected chi connectivity index (χ2v) is 5.49. The van der Waals surface area contributed by atoms with E-state index >= 15 is 0 Å². The summed E-state index contributed by atoms with van der Waals surface area (Å²) in [5.41, 5.74) is 0.591. The average molecular weight is 323 g/mol. The number of ether oxygens (including phenoxy) is 1. The third kappa shape index (κ3) is 4.10. The SMILES string of the molecule is O=C(COc1ccc2ccccc2c1)NCCc1ccccc1F. The Morgan fingerprint density at radius 1 is 0.958 bits per heavy atom. The summed E-state index contributed by atoms with van der Waals surface area (Å²) in [6.45, 7) is 0.316. The highest BCUT2D eigenvalue weighted by atomic mass is 19.1. The van der Waals surface area contributed by atoms with Gasteiger partial charge >= 0.3 is 0 Å². The van der Waals surface area contributed by atoms with Crippen molar-refractivity contribution in [3.05, 3.63) is 78.1 Å². The van der Waals surface area contributed by atoms with Gasteiger partial charge < -0.3 is 10.1 Å². The molecule has 0 bridgehead atoms. The number of benzene rings is 3. The number of amides is 1. The van der Waals surface area contributed by atoms with Crippen LogP contribution in [0.25, 0.3) is 10.8 Å². The number of rotatable bonds is 6. The fraction of sp³-hybridized carbons (Fsp3) is 0.150. The molecule has 122 valence electrons. The van der Waals surface area contributed by atoms with Crippen molar-refractivity contribution >= 4 is 16.7 Å². The van der Waals surface area contributed by atoms with Gasteiger partial charge in [0.1, 0.15) is 11.6 Å². The van der Waals surface area contributed by atoms with Crippen LogP contribution in [0.15, 0.2) is 66.7 Å². The predicted octanol–water partition coefficient (Wildman–Crippen LogP) is 3.72. The molecule has 0 aliphatic heterocycles. The Bertz CT molecular complexity index is 848. The fourth-order valence-electron chi connectivity index (χ4n) is 2.49. The zero-order valence-electron chi connectivity index (χ0n) is 13.2. The Morgan fingerprint density at radius 3 is 2.54 bits per heavy atom. The van der Waals surface area contributed by atoms with Gasteiger partial charge in [-0.25, -0.2) is 4.39 Å². The van der Waals surface area contributed by atoms with Gasteiger partial charge in [-0.3, -0.25) is 4.79 Å². The monoisotopic (exact) mass is 323 g/mol. The van der Waals surface area contributed by atoms with Crippen molar-refractivity contribution in [3.63, 3.8) is 0 Å². The maximum Gasteiger partial charge on any atom is 0.257 e. The number of carbonyl (C=O) groups excluding carboxylic acids is 1. The molecule has 0 aliphatic rings. The van der Waals surface area contributed by atoms with E-state index in [1.165, 1.54) is 6.07 Å². The molecule has 4 heteroatoms. The van der Waals surface area contributed by atoms with Crippen molar-refractivity contribution in [2.75, 3.05) is 13.2 Å². The minimum Gasteiger partial charge on any atom is -0.484 e. The first-order valence-electron chi connectivity index (χ1n) is 7.84. The van der Waals surface area contributed by atoms with E-state index < -0.39 is 0 Å². The molecule has 1 amide bonds. The quantitative estimate of drug-likeness (QED) is 0.751. The van der Waals surface area contributed by atoms with Gasteiger partial charge in [-0.2, -0.15) is 0 Å². The molecule has 0 saturated heterocycles. The molecule has 0 radical (unpaired) electrons. The van der Waals surface area contributed by atoms with Crippen LogP contribution >= 0.6 is 0 Å². The maximum atomic E-state index is 13.5. The van der Waals surface area contributed by atoms with Crippen molar-refractivity contribution in [1.29, 1.82) is 0 Å². The van der Waals surface area contributed by atoms with E-state index in [0.29, 0.717) is 24.3 Å². The summed E-state index contributed by atoms with van der Waals surface area (Å²) in [4.78, 5) is 11.8. The lowest BCUT2D eigenvalue weighted by molar-refractivity contribution is -0.123. The van der Waals surface area contributed by atoms with E-state index in [1.807, 2.05) is 42.5 Å². The summed E-state index contributed by atoms with van der Waals surface area (Å²) in [6, 6.07) is 20.2. The van der Waals surface area contributed by atoms with Gasteiger partial charge in [-0.1, -0.05) is 48.5 Å². The molecule has 0 heterocycles. The Morgan fingerprint density at radius 2 is 1.71 bits per heavy atom. The first-order valence-corrected chi connectivity index (χ1v) is 7.84. The second kappa shape index (κ2) is 7.59. The van der Waals surface area contributed by atoms with Crippen LogP contribution in [-0.4, -0.2) is 19.1 Å². The van der Waals surface area contributed by atoms with E-state index in [1.54, 1.807) is 18.2 Å². The van der Waals surface area contributed by atoms with Crippen LogP contribution < -0.4 is 10.1 Å². The minimum atomic E-state index is -0.251. The molecule has 0 aromatic heterocycles. The first-order chi connectivity index (χ1) is 11.7. The second-order valence-electron chi connectivity index (χ2n) is 5.49. The molecule has 1 N–H and O–H groups in total. The van der Waals surface area contributed by atoms with E-state index in [-0.39, 0.29) is 18.3 Å².